The van der Waals surface area contributed by atoms with Crippen LogP contribution in [0.4, 0.5) is 10.5 Å². The number of para-hydroxylation sites is 2. The number of nitrogens with one attached hydrogen (secondary N) is 1. The molecule has 1 aliphatic heterocycles. The third-order valence-corrected chi connectivity index (χ3v) is 7.14. The zero-order chi connectivity index (χ0) is 25.5. The normalized spacial score (nSPS) is 14.5. The number of carbonyl (C=O) groups excluding carboxylic acids is 2. The molecule has 0 saturated heterocycles. The van der Waals surface area contributed by atoms with Crippen LogP contribution in [0.3, 0.4) is 0 Å². The van der Waals surface area contributed by atoms with Gasteiger partial charge in [0.1, 0.15) is 13.2 Å². The Labute approximate surface area is 215 Å². The van der Waals surface area contributed by atoms with Crippen LogP contribution in [0.25, 0.3) is 0 Å². The molecule has 1 aromatic heterocycles. The summed E-state index contributed by atoms with van der Waals surface area (Å²) in [4.78, 5) is 31.1. The highest BCUT2D eigenvalue weighted by Crippen LogP contribution is 2.35. The molecule has 188 valence electrons. The first-order valence-electron chi connectivity index (χ1n) is 11.8. The summed E-state index contributed by atoms with van der Waals surface area (Å²) in [6, 6.07) is 16.5. The van der Waals surface area contributed by atoms with Crippen molar-refractivity contribution in [1.29, 1.82) is 0 Å². The fourth-order valence-corrected chi connectivity index (χ4v) is 5.18. The first-order valence-corrected chi connectivity index (χ1v) is 12.7. The van der Waals surface area contributed by atoms with Crippen LogP contribution in [0, 0.1) is 6.92 Å². The lowest BCUT2D eigenvalue weighted by atomic mass is 10.0. The van der Waals surface area contributed by atoms with E-state index in [9.17, 15) is 9.59 Å². The summed E-state index contributed by atoms with van der Waals surface area (Å²) in [6.45, 7) is 6.79. The molecular formula is C28H31N3O4S. The lowest BCUT2D eigenvalue weighted by Gasteiger charge is -2.37. The molecule has 36 heavy (non-hydrogen) atoms. The van der Waals surface area contributed by atoms with E-state index in [1.807, 2.05) is 65.7 Å². The average Bonchev–Trinajstić information content (AvgIpc) is 3.37. The number of hydrogen-bond donors (Lipinski definition) is 1. The molecule has 1 N–H and O–H groups in total. The largest absolute Gasteiger partial charge is 0.493 e. The molecule has 0 radical (unpaired) electrons. The maximum Gasteiger partial charge on any atom is 0.322 e. The van der Waals surface area contributed by atoms with Crippen LogP contribution in [0.1, 0.15) is 22.0 Å². The fraction of sp³-hybridized carbons (Fsp3) is 0.286. The highest BCUT2D eigenvalue weighted by molar-refractivity contribution is 7.10. The van der Waals surface area contributed by atoms with E-state index < -0.39 is 0 Å². The van der Waals surface area contributed by atoms with E-state index >= 15 is 0 Å². The molecule has 2 heterocycles. The number of thiophene rings is 1. The van der Waals surface area contributed by atoms with Gasteiger partial charge in [-0.2, -0.15) is 0 Å². The number of amides is 3. The zero-order valence-electron chi connectivity index (χ0n) is 20.6. The van der Waals surface area contributed by atoms with Gasteiger partial charge in [0.15, 0.2) is 11.5 Å². The fourth-order valence-electron chi connectivity index (χ4n) is 4.25. The van der Waals surface area contributed by atoms with Crippen LogP contribution >= 0.6 is 11.3 Å². The monoisotopic (exact) mass is 505 g/mol. The lowest BCUT2D eigenvalue weighted by Crippen LogP contribution is -2.48. The molecule has 2 aromatic carbocycles. The van der Waals surface area contributed by atoms with Gasteiger partial charge < -0.3 is 24.6 Å². The molecule has 3 aromatic rings. The molecule has 0 aliphatic carbocycles. The third kappa shape index (κ3) is 5.88. The molecule has 3 amide bonds. The number of anilines is 1. The summed E-state index contributed by atoms with van der Waals surface area (Å²) in [6.07, 6.45) is 2.40. The topological polar surface area (TPSA) is 71.1 Å². The summed E-state index contributed by atoms with van der Waals surface area (Å²) in [5.41, 5.74) is 2.87. The van der Waals surface area contributed by atoms with Crippen molar-refractivity contribution in [2.24, 2.45) is 0 Å². The second kappa shape index (κ2) is 11.8. The predicted molar refractivity (Wildman–Crippen MR) is 143 cm³/mol. The highest BCUT2D eigenvalue weighted by Gasteiger charge is 2.33. The van der Waals surface area contributed by atoms with Crippen LogP contribution < -0.4 is 14.8 Å². The van der Waals surface area contributed by atoms with Crippen molar-refractivity contribution >= 4 is 29.0 Å². The molecule has 0 spiro atoms. The van der Waals surface area contributed by atoms with E-state index in [2.05, 4.69) is 18.0 Å². The standard InChI is InChI=1S/C28H31N3O4S/c1-4-15-30(28(33)29-21-11-9-20(2)10-12-21)18-27(32)31-16-13-26-22(14-17-36-26)23(31)19-35-25-8-6-5-7-24(25)34-3/h4-12,14,17,23H,1,13,15-16,18-19H2,2-3H3,(H,29,33)/t23-/m0/s1. The van der Waals surface area contributed by atoms with Crippen molar-refractivity contribution < 1.29 is 19.1 Å². The number of nitrogens with zero attached hydrogens (tertiary/aromatic N) is 2. The van der Waals surface area contributed by atoms with Gasteiger partial charge in [-0.05, 0) is 54.6 Å². The Hall–Kier alpha value is -3.78. The third-order valence-electron chi connectivity index (χ3n) is 6.15. The molecule has 1 aliphatic rings. The number of rotatable bonds is 9. The SMILES string of the molecule is C=CCN(CC(=O)N1CCc2sccc2[C@@H]1COc1ccccc1OC)C(=O)Nc1ccc(C)cc1. The minimum Gasteiger partial charge on any atom is -0.493 e. The number of carbonyl (C=O) groups is 2. The number of fused-ring (bicyclic) bond motifs is 1. The van der Waals surface area contributed by atoms with Gasteiger partial charge in [-0.3, -0.25) is 4.79 Å². The van der Waals surface area contributed by atoms with Gasteiger partial charge in [-0.25, -0.2) is 4.79 Å². The van der Waals surface area contributed by atoms with Crippen LogP contribution in [-0.4, -0.2) is 55.1 Å². The van der Waals surface area contributed by atoms with Gasteiger partial charge in [0.25, 0.3) is 0 Å². The number of hydrogen-bond acceptors (Lipinski definition) is 5. The molecule has 0 bridgehead atoms. The molecule has 0 saturated carbocycles. The summed E-state index contributed by atoms with van der Waals surface area (Å²) < 4.78 is 11.6. The maximum atomic E-state index is 13.6. The van der Waals surface area contributed by atoms with Gasteiger partial charge >= 0.3 is 6.03 Å². The summed E-state index contributed by atoms with van der Waals surface area (Å²) in [5, 5.41) is 4.93. The number of aryl methyl sites for hydroxylation is 1. The van der Waals surface area contributed by atoms with E-state index in [1.165, 1.54) is 9.78 Å². The molecule has 0 unspecified atom stereocenters. The smallest absolute Gasteiger partial charge is 0.322 e. The Balaban J connectivity index is 1.49. The van der Waals surface area contributed by atoms with Crippen molar-refractivity contribution in [3.8, 4) is 11.5 Å². The van der Waals surface area contributed by atoms with Gasteiger partial charge in [0.2, 0.25) is 5.91 Å². The van der Waals surface area contributed by atoms with Crippen molar-refractivity contribution in [2.45, 2.75) is 19.4 Å². The Morgan fingerprint density at radius 2 is 1.92 bits per heavy atom. The summed E-state index contributed by atoms with van der Waals surface area (Å²) in [5.74, 6) is 1.13. The second-order valence-electron chi connectivity index (χ2n) is 8.58. The summed E-state index contributed by atoms with van der Waals surface area (Å²) >= 11 is 1.70. The van der Waals surface area contributed by atoms with E-state index in [-0.39, 0.29) is 37.7 Å². The Morgan fingerprint density at radius 1 is 1.17 bits per heavy atom. The van der Waals surface area contributed by atoms with Crippen molar-refractivity contribution in [2.75, 3.05) is 38.7 Å². The average molecular weight is 506 g/mol. The van der Waals surface area contributed by atoms with Crippen LogP contribution in [0.15, 0.2) is 72.6 Å². The predicted octanol–water partition coefficient (Wildman–Crippen LogP) is 5.29. The molecule has 0 fully saturated rings. The van der Waals surface area contributed by atoms with Gasteiger partial charge in [0, 0.05) is 23.7 Å². The first kappa shape index (κ1) is 25.3. The maximum absolute atomic E-state index is 13.6. The second-order valence-corrected chi connectivity index (χ2v) is 9.58. The van der Waals surface area contributed by atoms with E-state index in [1.54, 1.807) is 24.5 Å². The van der Waals surface area contributed by atoms with Gasteiger partial charge in [0.05, 0.1) is 13.2 Å². The molecule has 7 nitrogen and oxygen atoms in total. The minimum atomic E-state index is -0.345. The number of urea groups is 1. The first-order chi connectivity index (χ1) is 17.5. The van der Waals surface area contributed by atoms with Gasteiger partial charge in [-0.1, -0.05) is 35.9 Å². The number of methoxy groups -OCH3 is 1. The van der Waals surface area contributed by atoms with Gasteiger partial charge in [-0.15, -0.1) is 17.9 Å². The number of benzene rings is 2. The summed E-state index contributed by atoms with van der Waals surface area (Å²) in [7, 11) is 1.60. The Bertz CT molecular complexity index is 1210. The van der Waals surface area contributed by atoms with Crippen LogP contribution in [0.5, 0.6) is 11.5 Å². The lowest BCUT2D eigenvalue weighted by molar-refractivity contribution is -0.135. The van der Waals surface area contributed by atoms with Crippen LogP contribution in [-0.2, 0) is 11.2 Å². The molecule has 4 rings (SSSR count). The quantitative estimate of drug-likeness (QED) is 0.401. The van der Waals surface area contributed by atoms with Crippen molar-refractivity contribution in [1.82, 2.24) is 9.80 Å². The molecule has 8 heteroatoms. The Morgan fingerprint density at radius 3 is 2.64 bits per heavy atom. The van der Waals surface area contributed by atoms with Crippen LogP contribution in [0.2, 0.25) is 0 Å². The van der Waals surface area contributed by atoms with E-state index in [0.29, 0.717) is 23.7 Å². The zero-order valence-corrected chi connectivity index (χ0v) is 21.4. The molecular weight excluding hydrogens is 474 g/mol. The number of ether oxygens (including phenoxy) is 2. The van der Waals surface area contributed by atoms with Crippen molar-refractivity contribution in [3.05, 3.63) is 88.6 Å². The highest BCUT2D eigenvalue weighted by atomic mass is 32.1. The minimum absolute atomic E-state index is 0.0612. The molecule has 1 atom stereocenters. The van der Waals surface area contributed by atoms with Crippen molar-refractivity contribution in [3.63, 3.8) is 0 Å². The van der Waals surface area contributed by atoms with E-state index in [4.69, 9.17) is 9.47 Å². The van der Waals surface area contributed by atoms with E-state index in [0.717, 1.165) is 17.5 Å². The Kier molecular flexibility index (Phi) is 8.28.